The molecule has 0 aromatic heterocycles. The monoisotopic (exact) mass is 386 g/mol. The number of carbonyl (C=O) groups is 1. The molecule has 1 aromatic carbocycles. The van der Waals surface area contributed by atoms with Crippen LogP contribution in [-0.4, -0.2) is 58.5 Å². The van der Waals surface area contributed by atoms with Crippen molar-refractivity contribution in [1.29, 1.82) is 0 Å². The first-order chi connectivity index (χ1) is 12.4. The van der Waals surface area contributed by atoms with E-state index in [-0.39, 0.29) is 23.1 Å². The van der Waals surface area contributed by atoms with E-state index < -0.39 is 16.0 Å². The second-order valence-corrected chi connectivity index (χ2v) is 7.72. The van der Waals surface area contributed by atoms with Crippen LogP contribution in [0.1, 0.15) is 36.5 Å². The van der Waals surface area contributed by atoms with Crippen LogP contribution in [-0.2, 0) is 19.5 Å². The summed E-state index contributed by atoms with van der Waals surface area (Å²) >= 11 is 0. The first kappa shape index (κ1) is 20.6. The smallest absolute Gasteiger partial charge is 0.335 e. The highest BCUT2D eigenvalue weighted by molar-refractivity contribution is 7.89. The van der Waals surface area contributed by atoms with Gasteiger partial charge in [-0.05, 0) is 44.4 Å². The highest BCUT2D eigenvalue weighted by atomic mass is 32.2. The summed E-state index contributed by atoms with van der Waals surface area (Å²) in [6.07, 6.45) is 2.46. The third-order valence-corrected chi connectivity index (χ3v) is 5.52. The standard InChI is InChI=1S/C17H26N2O6S/c1-2-24-9-4-8-19-26(22,23)16-11-13(17(20)21)6-7-15(16)18-12-14-5-3-10-25-14/h6-7,11,14,18-19H,2-5,8-10,12H2,1H3,(H,20,21)/t14-/m0/s1. The van der Waals surface area contributed by atoms with E-state index in [1.54, 1.807) is 0 Å². The molecule has 26 heavy (non-hydrogen) atoms. The molecule has 9 heteroatoms. The predicted octanol–water partition coefficient (Wildman–Crippen LogP) is 1.68. The molecule has 1 aromatic rings. The van der Waals surface area contributed by atoms with Gasteiger partial charge in [0.25, 0.3) is 0 Å². The van der Waals surface area contributed by atoms with Crippen molar-refractivity contribution in [2.45, 2.75) is 37.2 Å². The maximum absolute atomic E-state index is 12.6. The van der Waals surface area contributed by atoms with Gasteiger partial charge in [0.2, 0.25) is 10.0 Å². The molecule has 1 heterocycles. The number of nitrogens with one attached hydrogen (secondary N) is 2. The second kappa shape index (κ2) is 9.86. The summed E-state index contributed by atoms with van der Waals surface area (Å²) in [6.45, 7) is 4.29. The van der Waals surface area contributed by atoms with E-state index in [0.29, 0.717) is 38.5 Å². The van der Waals surface area contributed by atoms with E-state index in [9.17, 15) is 13.2 Å². The fourth-order valence-electron chi connectivity index (χ4n) is 2.66. The van der Waals surface area contributed by atoms with Crippen LogP contribution in [0, 0.1) is 0 Å². The minimum Gasteiger partial charge on any atom is -0.478 e. The number of ether oxygens (including phenoxy) is 2. The van der Waals surface area contributed by atoms with E-state index >= 15 is 0 Å². The number of sulfonamides is 1. The molecule has 0 bridgehead atoms. The van der Waals surface area contributed by atoms with Crippen LogP contribution in [0.25, 0.3) is 0 Å². The van der Waals surface area contributed by atoms with E-state index in [1.807, 2.05) is 6.92 Å². The summed E-state index contributed by atoms with van der Waals surface area (Å²) in [5, 5.41) is 12.2. The van der Waals surface area contributed by atoms with E-state index in [2.05, 4.69) is 10.0 Å². The number of benzene rings is 1. The Morgan fingerprint density at radius 1 is 1.42 bits per heavy atom. The Morgan fingerprint density at radius 2 is 2.23 bits per heavy atom. The number of aromatic carboxylic acids is 1. The Bertz CT molecular complexity index is 701. The van der Waals surface area contributed by atoms with Crippen molar-refractivity contribution in [3.05, 3.63) is 23.8 Å². The Labute approximate surface area is 153 Å². The van der Waals surface area contributed by atoms with Crippen molar-refractivity contribution in [3.63, 3.8) is 0 Å². The molecule has 1 aliphatic heterocycles. The van der Waals surface area contributed by atoms with Crippen molar-refractivity contribution in [1.82, 2.24) is 4.72 Å². The van der Waals surface area contributed by atoms with Crippen molar-refractivity contribution < 1.29 is 27.8 Å². The summed E-state index contributed by atoms with van der Waals surface area (Å²) < 4.78 is 38.5. The fraction of sp³-hybridized carbons (Fsp3) is 0.588. The maximum Gasteiger partial charge on any atom is 0.335 e. The third-order valence-electron chi connectivity index (χ3n) is 4.02. The summed E-state index contributed by atoms with van der Waals surface area (Å²) in [5.74, 6) is -1.18. The minimum absolute atomic E-state index is 0.0313. The van der Waals surface area contributed by atoms with E-state index in [0.717, 1.165) is 12.8 Å². The average molecular weight is 386 g/mol. The van der Waals surface area contributed by atoms with Crippen LogP contribution in [0.3, 0.4) is 0 Å². The van der Waals surface area contributed by atoms with Gasteiger partial charge in [0.15, 0.2) is 0 Å². The molecule has 1 saturated heterocycles. The van der Waals surface area contributed by atoms with Gasteiger partial charge in [-0.25, -0.2) is 17.9 Å². The zero-order chi connectivity index (χ0) is 19.0. The van der Waals surface area contributed by atoms with Gasteiger partial charge >= 0.3 is 5.97 Å². The molecule has 1 aliphatic rings. The van der Waals surface area contributed by atoms with Gasteiger partial charge in [-0.1, -0.05) is 0 Å². The van der Waals surface area contributed by atoms with E-state index in [4.69, 9.17) is 14.6 Å². The molecule has 146 valence electrons. The second-order valence-electron chi connectivity index (χ2n) is 5.98. The van der Waals surface area contributed by atoms with Gasteiger partial charge in [-0.3, -0.25) is 0 Å². The third kappa shape index (κ3) is 5.94. The Kier molecular flexibility index (Phi) is 7.83. The molecule has 0 spiro atoms. The van der Waals surface area contributed by atoms with Crippen LogP contribution >= 0.6 is 0 Å². The maximum atomic E-state index is 12.6. The van der Waals surface area contributed by atoms with Crippen LogP contribution in [0.4, 0.5) is 5.69 Å². The quantitative estimate of drug-likeness (QED) is 0.496. The number of anilines is 1. The van der Waals surface area contributed by atoms with Crippen molar-refractivity contribution >= 4 is 21.7 Å². The normalized spacial score (nSPS) is 17.3. The van der Waals surface area contributed by atoms with Gasteiger partial charge in [0.05, 0.1) is 17.4 Å². The Morgan fingerprint density at radius 3 is 2.88 bits per heavy atom. The largest absolute Gasteiger partial charge is 0.478 e. The lowest BCUT2D eigenvalue weighted by molar-refractivity contribution is 0.0696. The summed E-state index contributed by atoms with van der Waals surface area (Å²) in [4.78, 5) is 11.1. The number of hydrogen-bond acceptors (Lipinski definition) is 6. The summed E-state index contributed by atoms with van der Waals surface area (Å²) in [5.41, 5.74) is 0.283. The zero-order valence-electron chi connectivity index (χ0n) is 14.9. The van der Waals surface area contributed by atoms with Gasteiger partial charge in [-0.15, -0.1) is 0 Å². The van der Waals surface area contributed by atoms with Crippen molar-refractivity contribution in [2.75, 3.05) is 38.2 Å². The van der Waals surface area contributed by atoms with Gasteiger partial charge in [-0.2, -0.15) is 0 Å². The van der Waals surface area contributed by atoms with E-state index in [1.165, 1.54) is 18.2 Å². The van der Waals surface area contributed by atoms with Crippen LogP contribution in [0.15, 0.2) is 23.1 Å². The van der Waals surface area contributed by atoms with Gasteiger partial charge in [0, 0.05) is 32.9 Å². The van der Waals surface area contributed by atoms with Gasteiger partial charge in [0.1, 0.15) is 4.90 Å². The highest BCUT2D eigenvalue weighted by Crippen LogP contribution is 2.24. The molecule has 3 N–H and O–H groups in total. The molecular formula is C17H26N2O6S. The number of carboxylic acids is 1. The van der Waals surface area contributed by atoms with Crippen LogP contribution in [0.2, 0.25) is 0 Å². The first-order valence-corrected chi connectivity index (χ1v) is 10.2. The summed E-state index contributed by atoms with van der Waals surface area (Å²) in [7, 11) is -3.85. The molecule has 0 amide bonds. The number of carboxylic acid groups (broad SMARTS) is 1. The summed E-state index contributed by atoms with van der Waals surface area (Å²) in [6, 6.07) is 4.03. The van der Waals surface area contributed by atoms with Crippen LogP contribution in [0.5, 0.6) is 0 Å². The van der Waals surface area contributed by atoms with Gasteiger partial charge < -0.3 is 19.9 Å². The van der Waals surface area contributed by atoms with Crippen LogP contribution < -0.4 is 10.0 Å². The lowest BCUT2D eigenvalue weighted by Crippen LogP contribution is -2.27. The molecule has 0 saturated carbocycles. The topological polar surface area (TPSA) is 114 Å². The molecule has 0 unspecified atom stereocenters. The predicted molar refractivity (Wildman–Crippen MR) is 97.2 cm³/mol. The lowest BCUT2D eigenvalue weighted by atomic mass is 10.2. The minimum atomic E-state index is -3.85. The highest BCUT2D eigenvalue weighted by Gasteiger charge is 2.22. The molecule has 0 radical (unpaired) electrons. The number of rotatable bonds is 11. The zero-order valence-corrected chi connectivity index (χ0v) is 15.7. The molecular weight excluding hydrogens is 360 g/mol. The first-order valence-electron chi connectivity index (χ1n) is 8.74. The Balaban J connectivity index is 2.12. The molecule has 8 nitrogen and oxygen atoms in total. The fourth-order valence-corrected chi connectivity index (χ4v) is 3.94. The molecule has 1 atom stereocenters. The molecule has 2 rings (SSSR count). The molecule has 1 fully saturated rings. The molecule has 0 aliphatic carbocycles. The van der Waals surface area contributed by atoms with Crippen molar-refractivity contribution in [3.8, 4) is 0 Å². The SMILES string of the molecule is CCOCCCNS(=O)(=O)c1cc(C(=O)O)ccc1NC[C@@H]1CCCO1. The Hall–Kier alpha value is -1.68. The number of hydrogen-bond donors (Lipinski definition) is 3. The average Bonchev–Trinajstić information content (AvgIpc) is 3.13. The van der Waals surface area contributed by atoms with Crippen molar-refractivity contribution in [2.24, 2.45) is 0 Å². The lowest BCUT2D eigenvalue weighted by Gasteiger charge is -2.16.